The van der Waals surface area contributed by atoms with Crippen LogP contribution in [0.1, 0.15) is 19.8 Å². The van der Waals surface area contributed by atoms with Crippen molar-refractivity contribution in [2.75, 3.05) is 18.4 Å². The minimum Gasteiger partial charge on any atom is -0.481 e. The number of carbonyl (C=O) groups is 1. The second kappa shape index (κ2) is 7.88. The second-order valence-electron chi connectivity index (χ2n) is 6.20. The van der Waals surface area contributed by atoms with E-state index < -0.39 is 16.1 Å². The van der Waals surface area contributed by atoms with Gasteiger partial charge < -0.3 is 10.1 Å². The van der Waals surface area contributed by atoms with Crippen LogP contribution in [0.2, 0.25) is 0 Å². The molecule has 138 valence electrons. The first-order chi connectivity index (χ1) is 12.5. The standard InChI is InChI=1S/C19H22N2O4S/c1-15(25-17-9-3-2-4-10-17)19(22)20-16-8-7-11-18(14-16)26(23,24)21-12-5-6-13-21/h2-4,7-11,14-15H,5-6,12-13H2,1H3,(H,20,22)/t15-/m0/s1. The third kappa shape index (κ3) is 4.23. The normalized spacial score (nSPS) is 16.2. The molecule has 26 heavy (non-hydrogen) atoms. The lowest BCUT2D eigenvalue weighted by Gasteiger charge is -2.17. The van der Waals surface area contributed by atoms with Crippen LogP contribution in [0.15, 0.2) is 59.5 Å². The highest BCUT2D eigenvalue weighted by molar-refractivity contribution is 7.89. The summed E-state index contributed by atoms with van der Waals surface area (Å²) in [6, 6.07) is 15.4. The van der Waals surface area contributed by atoms with Crippen LogP contribution in [0.3, 0.4) is 0 Å². The molecule has 3 rings (SSSR count). The molecule has 1 saturated heterocycles. The Hall–Kier alpha value is -2.38. The molecular weight excluding hydrogens is 352 g/mol. The van der Waals surface area contributed by atoms with Gasteiger partial charge in [0, 0.05) is 18.8 Å². The Morgan fingerprint density at radius 2 is 1.77 bits per heavy atom. The number of benzene rings is 2. The van der Waals surface area contributed by atoms with Gasteiger partial charge in [-0.05, 0) is 50.1 Å². The fourth-order valence-electron chi connectivity index (χ4n) is 2.81. The van der Waals surface area contributed by atoms with Crippen molar-refractivity contribution < 1.29 is 17.9 Å². The lowest BCUT2D eigenvalue weighted by atomic mass is 10.3. The summed E-state index contributed by atoms with van der Waals surface area (Å²) in [5.41, 5.74) is 0.429. The molecule has 1 N–H and O–H groups in total. The highest BCUT2D eigenvalue weighted by Crippen LogP contribution is 2.23. The zero-order valence-corrected chi connectivity index (χ0v) is 15.4. The van der Waals surface area contributed by atoms with Gasteiger partial charge in [0.25, 0.3) is 5.91 Å². The summed E-state index contributed by atoms with van der Waals surface area (Å²) in [4.78, 5) is 12.5. The maximum absolute atomic E-state index is 12.6. The Labute approximate surface area is 153 Å². The number of para-hydroxylation sites is 1. The van der Waals surface area contributed by atoms with E-state index in [9.17, 15) is 13.2 Å². The summed E-state index contributed by atoms with van der Waals surface area (Å²) in [5, 5.41) is 2.72. The van der Waals surface area contributed by atoms with E-state index in [1.165, 1.54) is 10.4 Å². The highest BCUT2D eigenvalue weighted by atomic mass is 32.2. The number of sulfonamides is 1. The van der Waals surface area contributed by atoms with Gasteiger partial charge in [-0.15, -0.1) is 0 Å². The monoisotopic (exact) mass is 374 g/mol. The summed E-state index contributed by atoms with van der Waals surface area (Å²) < 4.78 is 32.3. The molecule has 0 saturated carbocycles. The minimum atomic E-state index is -3.52. The van der Waals surface area contributed by atoms with Crippen molar-refractivity contribution in [2.24, 2.45) is 0 Å². The van der Waals surface area contributed by atoms with Crippen LogP contribution < -0.4 is 10.1 Å². The topological polar surface area (TPSA) is 75.7 Å². The average molecular weight is 374 g/mol. The molecule has 1 aliphatic heterocycles. The van der Waals surface area contributed by atoms with Crippen molar-refractivity contribution in [2.45, 2.75) is 30.8 Å². The number of ether oxygens (including phenoxy) is 1. The molecule has 1 aliphatic rings. The maximum Gasteiger partial charge on any atom is 0.265 e. The molecule has 1 amide bonds. The first kappa shape index (κ1) is 18.4. The van der Waals surface area contributed by atoms with Gasteiger partial charge in [-0.25, -0.2) is 8.42 Å². The van der Waals surface area contributed by atoms with Crippen LogP contribution in [0.25, 0.3) is 0 Å². The van der Waals surface area contributed by atoms with Crippen molar-refractivity contribution in [3.63, 3.8) is 0 Å². The summed E-state index contributed by atoms with van der Waals surface area (Å²) in [6.07, 6.45) is 1.05. The molecule has 0 spiro atoms. The zero-order chi connectivity index (χ0) is 18.6. The Kier molecular flexibility index (Phi) is 5.58. The van der Waals surface area contributed by atoms with Crippen molar-refractivity contribution in [1.29, 1.82) is 0 Å². The van der Waals surface area contributed by atoms with E-state index >= 15 is 0 Å². The summed E-state index contributed by atoms with van der Waals surface area (Å²) in [5.74, 6) is 0.255. The molecule has 0 unspecified atom stereocenters. The fraction of sp³-hybridized carbons (Fsp3) is 0.316. The van der Waals surface area contributed by atoms with Gasteiger partial charge in [0.2, 0.25) is 10.0 Å². The lowest BCUT2D eigenvalue weighted by molar-refractivity contribution is -0.122. The summed E-state index contributed by atoms with van der Waals surface area (Å²) >= 11 is 0. The SMILES string of the molecule is C[C@H](Oc1ccccc1)C(=O)Nc1cccc(S(=O)(=O)N2CCCC2)c1. The van der Waals surface area contributed by atoms with E-state index in [0.717, 1.165) is 12.8 Å². The number of nitrogens with zero attached hydrogens (tertiary/aromatic N) is 1. The van der Waals surface area contributed by atoms with Crippen molar-refractivity contribution >= 4 is 21.6 Å². The Bertz CT molecular complexity index is 862. The molecule has 0 radical (unpaired) electrons. The molecular formula is C19H22N2O4S. The molecule has 2 aromatic carbocycles. The van der Waals surface area contributed by atoms with E-state index in [-0.39, 0.29) is 10.8 Å². The number of amides is 1. The maximum atomic E-state index is 12.6. The quantitative estimate of drug-likeness (QED) is 0.844. The average Bonchev–Trinajstić information content (AvgIpc) is 3.18. The van der Waals surface area contributed by atoms with Gasteiger partial charge >= 0.3 is 0 Å². The third-order valence-corrected chi connectivity index (χ3v) is 6.12. The van der Waals surface area contributed by atoms with Gasteiger partial charge in [-0.3, -0.25) is 4.79 Å². The minimum absolute atomic E-state index is 0.189. The number of hydrogen-bond donors (Lipinski definition) is 1. The largest absolute Gasteiger partial charge is 0.481 e. The predicted molar refractivity (Wildman–Crippen MR) is 99.6 cm³/mol. The van der Waals surface area contributed by atoms with Crippen LogP contribution in [0.4, 0.5) is 5.69 Å². The van der Waals surface area contributed by atoms with Crippen LogP contribution in [-0.4, -0.2) is 37.8 Å². The third-order valence-electron chi connectivity index (χ3n) is 4.23. The van der Waals surface area contributed by atoms with Crippen LogP contribution in [0.5, 0.6) is 5.75 Å². The van der Waals surface area contributed by atoms with Crippen molar-refractivity contribution in [3.05, 3.63) is 54.6 Å². The number of carbonyl (C=O) groups excluding carboxylic acids is 1. The second-order valence-corrected chi connectivity index (χ2v) is 8.14. The van der Waals surface area contributed by atoms with Crippen LogP contribution in [0, 0.1) is 0 Å². The molecule has 0 bridgehead atoms. The smallest absolute Gasteiger partial charge is 0.265 e. The number of anilines is 1. The van der Waals surface area contributed by atoms with Crippen molar-refractivity contribution in [3.8, 4) is 5.75 Å². The highest BCUT2D eigenvalue weighted by Gasteiger charge is 2.27. The molecule has 0 aromatic heterocycles. The van der Waals surface area contributed by atoms with E-state index in [2.05, 4.69) is 5.32 Å². The van der Waals surface area contributed by atoms with Crippen LogP contribution in [-0.2, 0) is 14.8 Å². The Morgan fingerprint density at radius 3 is 2.46 bits per heavy atom. The first-order valence-electron chi connectivity index (χ1n) is 8.59. The Morgan fingerprint density at radius 1 is 1.08 bits per heavy atom. The van der Waals surface area contributed by atoms with E-state index in [0.29, 0.717) is 24.5 Å². The van der Waals surface area contributed by atoms with Gasteiger partial charge in [0.15, 0.2) is 6.10 Å². The fourth-order valence-corrected chi connectivity index (χ4v) is 4.38. The molecule has 0 aliphatic carbocycles. The summed E-state index contributed by atoms with van der Waals surface area (Å²) in [7, 11) is -3.52. The molecule has 6 nitrogen and oxygen atoms in total. The zero-order valence-electron chi connectivity index (χ0n) is 14.6. The van der Waals surface area contributed by atoms with Gasteiger partial charge in [-0.2, -0.15) is 4.31 Å². The van der Waals surface area contributed by atoms with Gasteiger partial charge in [0.1, 0.15) is 5.75 Å². The van der Waals surface area contributed by atoms with E-state index in [1.54, 1.807) is 37.3 Å². The lowest BCUT2D eigenvalue weighted by Crippen LogP contribution is -2.30. The molecule has 7 heteroatoms. The number of rotatable bonds is 6. The Balaban J connectivity index is 1.69. The van der Waals surface area contributed by atoms with Gasteiger partial charge in [0.05, 0.1) is 4.90 Å². The summed E-state index contributed by atoms with van der Waals surface area (Å²) in [6.45, 7) is 2.73. The molecule has 1 atom stereocenters. The molecule has 1 fully saturated rings. The van der Waals surface area contributed by atoms with E-state index in [1.807, 2.05) is 18.2 Å². The molecule has 2 aromatic rings. The number of hydrogen-bond acceptors (Lipinski definition) is 4. The molecule has 1 heterocycles. The van der Waals surface area contributed by atoms with E-state index in [4.69, 9.17) is 4.74 Å². The predicted octanol–water partition coefficient (Wildman–Crippen LogP) is 2.88. The van der Waals surface area contributed by atoms with Gasteiger partial charge in [-0.1, -0.05) is 24.3 Å². The first-order valence-corrected chi connectivity index (χ1v) is 10.0. The van der Waals surface area contributed by atoms with Crippen LogP contribution >= 0.6 is 0 Å². The number of nitrogens with one attached hydrogen (secondary N) is 1. The van der Waals surface area contributed by atoms with Crippen molar-refractivity contribution in [1.82, 2.24) is 4.31 Å².